The van der Waals surface area contributed by atoms with Crippen molar-refractivity contribution in [3.63, 3.8) is 0 Å². The van der Waals surface area contributed by atoms with Crippen molar-refractivity contribution in [2.24, 2.45) is 11.5 Å². The van der Waals surface area contributed by atoms with Gasteiger partial charge in [0.05, 0.1) is 6.04 Å². The fourth-order valence-electron chi connectivity index (χ4n) is 4.33. The van der Waals surface area contributed by atoms with Crippen molar-refractivity contribution in [2.45, 2.75) is 31.0 Å². The van der Waals surface area contributed by atoms with Crippen molar-refractivity contribution in [3.8, 4) is 0 Å². The number of aromatic nitrogens is 1. The number of hydrogen-bond donors (Lipinski definition) is 3. The monoisotopic (exact) mass is 483 g/mol. The third kappa shape index (κ3) is 5.84. The van der Waals surface area contributed by atoms with Gasteiger partial charge in [-0.25, -0.2) is 0 Å². The summed E-state index contributed by atoms with van der Waals surface area (Å²) in [5.41, 5.74) is 13.7. The summed E-state index contributed by atoms with van der Waals surface area (Å²) in [4.78, 5) is 44.7. The molecule has 1 aliphatic heterocycles. The predicted molar refractivity (Wildman–Crippen MR) is 136 cm³/mol. The maximum atomic E-state index is 13.9. The Morgan fingerprint density at radius 1 is 1.03 bits per heavy atom. The Kier molecular flexibility index (Phi) is 7.87. The Morgan fingerprint density at radius 3 is 2.56 bits per heavy atom. The van der Waals surface area contributed by atoms with Crippen LogP contribution < -0.4 is 16.8 Å². The number of carbonyl (C=O) groups excluding carboxylic acids is 3. The van der Waals surface area contributed by atoms with Gasteiger partial charge in [0.25, 0.3) is 5.91 Å². The maximum absolute atomic E-state index is 13.9. The minimum absolute atomic E-state index is 0.178. The first kappa shape index (κ1) is 24.8. The first-order valence-electron chi connectivity index (χ1n) is 11.8. The number of amides is 3. The number of primary amides is 1. The zero-order valence-corrected chi connectivity index (χ0v) is 19.8. The molecule has 0 spiro atoms. The van der Waals surface area contributed by atoms with E-state index in [0.717, 1.165) is 11.1 Å². The van der Waals surface area contributed by atoms with Gasteiger partial charge in [-0.1, -0.05) is 60.7 Å². The van der Waals surface area contributed by atoms with Gasteiger partial charge >= 0.3 is 0 Å². The second-order valence-corrected chi connectivity index (χ2v) is 8.72. The van der Waals surface area contributed by atoms with Crippen molar-refractivity contribution in [1.82, 2.24) is 15.2 Å². The fraction of sp³-hybridized carbons (Fsp3) is 0.214. The van der Waals surface area contributed by atoms with Crippen LogP contribution in [0.1, 0.15) is 45.6 Å². The summed E-state index contributed by atoms with van der Waals surface area (Å²) >= 11 is 0. The molecule has 2 heterocycles. The lowest BCUT2D eigenvalue weighted by Crippen LogP contribution is -2.51. The van der Waals surface area contributed by atoms with Gasteiger partial charge in [-0.05, 0) is 41.3 Å². The molecule has 1 aromatic heterocycles. The summed E-state index contributed by atoms with van der Waals surface area (Å²) in [6.45, 7) is 0.433. The molecule has 0 radical (unpaired) electrons. The summed E-state index contributed by atoms with van der Waals surface area (Å²) in [5, 5.41) is 2.92. The molecule has 3 amide bonds. The van der Waals surface area contributed by atoms with E-state index in [2.05, 4.69) is 16.4 Å². The van der Waals surface area contributed by atoms with Crippen molar-refractivity contribution in [2.75, 3.05) is 6.54 Å². The van der Waals surface area contributed by atoms with Gasteiger partial charge in [-0.15, -0.1) is 0 Å². The zero-order chi connectivity index (χ0) is 25.5. The smallest absolute Gasteiger partial charge is 0.251 e. The molecular weight excluding hydrogens is 454 g/mol. The summed E-state index contributed by atoms with van der Waals surface area (Å²) in [7, 11) is 0. The molecule has 0 bridgehead atoms. The molecule has 3 aromatic rings. The molecule has 0 saturated heterocycles. The molecule has 5 N–H and O–H groups in total. The summed E-state index contributed by atoms with van der Waals surface area (Å²) in [5.74, 6) is -1.31. The molecule has 1 aliphatic rings. The Bertz CT molecular complexity index is 1250. The van der Waals surface area contributed by atoms with E-state index in [1.807, 2.05) is 48.5 Å². The first-order valence-corrected chi connectivity index (χ1v) is 11.8. The molecular formula is C28H29N5O3. The third-order valence-corrected chi connectivity index (χ3v) is 6.26. The average molecular weight is 484 g/mol. The van der Waals surface area contributed by atoms with Crippen LogP contribution in [0.2, 0.25) is 0 Å². The quantitative estimate of drug-likeness (QED) is 0.424. The van der Waals surface area contributed by atoms with Crippen molar-refractivity contribution in [3.05, 3.63) is 114 Å². The molecule has 8 heteroatoms. The summed E-state index contributed by atoms with van der Waals surface area (Å²) in [6.07, 6.45) is 8.47. The second kappa shape index (κ2) is 11.4. The lowest BCUT2D eigenvalue weighted by molar-refractivity contribution is -0.135. The molecule has 4 rings (SSSR count). The van der Waals surface area contributed by atoms with Crippen molar-refractivity contribution in [1.29, 1.82) is 0 Å². The molecule has 36 heavy (non-hydrogen) atoms. The standard InChI is InChI=1S/C28H29N5O3/c29-25(26(30)34)20-10-6-11-21(17-20)27(35)32-23(16-19-8-2-1-3-9-19)28(36)33-15-5-4-13-24(33)22-12-7-14-31-18-22/h1-12,14,17-18,23-25H,13,15-16,29H2,(H2,30,34)(H,32,35)/t23-,24?,25?/m0/s1. The van der Waals surface area contributed by atoms with Crippen LogP contribution in [0.5, 0.6) is 0 Å². The van der Waals surface area contributed by atoms with Crippen molar-refractivity contribution < 1.29 is 14.4 Å². The Balaban J connectivity index is 1.61. The number of pyridine rings is 1. The van der Waals surface area contributed by atoms with Gasteiger partial charge in [-0.2, -0.15) is 0 Å². The van der Waals surface area contributed by atoms with E-state index >= 15 is 0 Å². The number of carbonyl (C=O) groups is 3. The zero-order valence-electron chi connectivity index (χ0n) is 19.8. The van der Waals surface area contributed by atoms with E-state index in [1.54, 1.807) is 35.5 Å². The van der Waals surface area contributed by atoms with E-state index in [-0.39, 0.29) is 17.5 Å². The molecule has 0 fully saturated rings. The van der Waals surface area contributed by atoms with E-state index in [4.69, 9.17) is 11.5 Å². The van der Waals surface area contributed by atoms with Gasteiger partial charge in [0.1, 0.15) is 12.1 Å². The molecule has 2 unspecified atom stereocenters. The Hall–Kier alpha value is -4.30. The molecule has 0 saturated carbocycles. The molecule has 184 valence electrons. The largest absolute Gasteiger partial charge is 0.368 e. The van der Waals surface area contributed by atoms with Crippen LogP contribution in [-0.4, -0.2) is 40.2 Å². The van der Waals surface area contributed by atoms with Gasteiger partial charge in [-0.3, -0.25) is 19.4 Å². The Morgan fingerprint density at radius 2 is 1.83 bits per heavy atom. The highest BCUT2D eigenvalue weighted by Gasteiger charge is 2.32. The van der Waals surface area contributed by atoms with E-state index in [1.165, 1.54) is 6.07 Å². The third-order valence-electron chi connectivity index (χ3n) is 6.26. The van der Waals surface area contributed by atoms with E-state index < -0.39 is 23.9 Å². The molecule has 0 aliphatic carbocycles. The van der Waals surface area contributed by atoms with Crippen LogP contribution in [0.3, 0.4) is 0 Å². The number of nitrogens with two attached hydrogens (primary N) is 2. The Labute approximate surface area is 210 Å². The van der Waals surface area contributed by atoms with Crippen LogP contribution in [-0.2, 0) is 16.0 Å². The minimum Gasteiger partial charge on any atom is -0.368 e. The predicted octanol–water partition coefficient (Wildman–Crippen LogP) is 2.44. The van der Waals surface area contributed by atoms with E-state index in [0.29, 0.717) is 24.9 Å². The lowest BCUT2D eigenvalue weighted by atomic mass is 9.97. The van der Waals surface area contributed by atoms with Crippen LogP contribution >= 0.6 is 0 Å². The topological polar surface area (TPSA) is 131 Å². The second-order valence-electron chi connectivity index (χ2n) is 8.72. The number of benzene rings is 2. The average Bonchev–Trinajstić information content (AvgIpc) is 2.93. The summed E-state index contributed by atoms with van der Waals surface area (Å²) < 4.78 is 0. The highest BCUT2D eigenvalue weighted by molar-refractivity contribution is 5.98. The highest BCUT2D eigenvalue weighted by Crippen LogP contribution is 2.28. The summed E-state index contributed by atoms with van der Waals surface area (Å²) in [6, 6.07) is 17.7. The van der Waals surface area contributed by atoms with Crippen molar-refractivity contribution >= 4 is 17.7 Å². The van der Waals surface area contributed by atoms with Crippen LogP contribution in [0, 0.1) is 0 Å². The number of nitrogens with zero attached hydrogens (tertiary/aromatic N) is 2. The number of hydrogen-bond acceptors (Lipinski definition) is 5. The normalized spacial score (nSPS) is 16.7. The SMILES string of the molecule is NC(=O)C(N)c1cccc(C(=O)N[C@@H](Cc2ccccc2)C(=O)N2CC=CCC2c2cccnc2)c1. The van der Waals surface area contributed by atoms with Gasteiger partial charge in [0.2, 0.25) is 11.8 Å². The minimum atomic E-state index is -1.03. The lowest BCUT2D eigenvalue weighted by Gasteiger charge is -2.36. The van der Waals surface area contributed by atoms with Gasteiger partial charge in [0.15, 0.2) is 0 Å². The van der Waals surface area contributed by atoms with Gasteiger partial charge < -0.3 is 21.7 Å². The number of nitrogens with one attached hydrogen (secondary N) is 1. The van der Waals surface area contributed by atoms with Gasteiger partial charge in [0, 0.05) is 30.9 Å². The van der Waals surface area contributed by atoms with Crippen LogP contribution in [0.25, 0.3) is 0 Å². The first-order chi connectivity index (χ1) is 17.4. The van der Waals surface area contributed by atoms with Crippen LogP contribution in [0.15, 0.2) is 91.3 Å². The molecule has 3 atom stereocenters. The molecule has 8 nitrogen and oxygen atoms in total. The molecule has 2 aromatic carbocycles. The highest BCUT2D eigenvalue weighted by atomic mass is 16.2. The maximum Gasteiger partial charge on any atom is 0.251 e. The fourth-order valence-corrected chi connectivity index (χ4v) is 4.33. The van der Waals surface area contributed by atoms with Crippen LogP contribution in [0.4, 0.5) is 0 Å². The number of rotatable bonds is 8. The van der Waals surface area contributed by atoms with E-state index in [9.17, 15) is 14.4 Å².